The largest absolute Gasteiger partial charge is 0.494 e. The van der Waals surface area contributed by atoms with Gasteiger partial charge in [0.1, 0.15) is 9.96 Å². The first-order valence-corrected chi connectivity index (χ1v) is 10.3. The highest BCUT2D eigenvalue weighted by Crippen LogP contribution is 2.26. The number of thiophene rings is 1. The Hall–Kier alpha value is -1.57. The van der Waals surface area contributed by atoms with Gasteiger partial charge in [0.05, 0.1) is 6.61 Å². The summed E-state index contributed by atoms with van der Waals surface area (Å²) in [6, 6.07) is 11.5. The van der Waals surface area contributed by atoms with E-state index in [9.17, 15) is 8.42 Å². The first-order chi connectivity index (χ1) is 11.5. The molecule has 1 aromatic carbocycles. The summed E-state index contributed by atoms with van der Waals surface area (Å²) in [6.45, 7) is 6.93. The lowest BCUT2D eigenvalue weighted by atomic mass is 10.2. The van der Waals surface area contributed by atoms with E-state index < -0.39 is 10.0 Å². The molecule has 1 fully saturated rings. The van der Waals surface area contributed by atoms with Gasteiger partial charge in [-0.1, -0.05) is 0 Å². The highest BCUT2D eigenvalue weighted by Gasteiger charge is 2.29. The normalized spacial score (nSPS) is 16.3. The second kappa shape index (κ2) is 7.13. The zero-order chi connectivity index (χ0) is 17.2. The maximum absolute atomic E-state index is 12.7. The van der Waals surface area contributed by atoms with Crippen molar-refractivity contribution in [3.8, 4) is 5.75 Å². The van der Waals surface area contributed by atoms with Gasteiger partial charge in [0.25, 0.3) is 10.0 Å². The number of sulfonamides is 1. The Bertz CT molecular complexity index is 776. The van der Waals surface area contributed by atoms with Crippen LogP contribution >= 0.6 is 11.3 Å². The second-order valence-corrected chi connectivity index (χ2v) is 9.14. The third-order valence-electron chi connectivity index (χ3n) is 4.06. The fraction of sp³-hybridized carbons (Fsp3) is 0.412. The van der Waals surface area contributed by atoms with Crippen molar-refractivity contribution in [2.75, 3.05) is 37.7 Å². The van der Waals surface area contributed by atoms with Crippen LogP contribution in [0, 0.1) is 6.92 Å². The Morgan fingerprint density at radius 2 is 1.71 bits per heavy atom. The van der Waals surface area contributed by atoms with E-state index in [1.165, 1.54) is 11.3 Å². The average molecular weight is 367 g/mol. The molecule has 0 radical (unpaired) electrons. The minimum atomic E-state index is -3.36. The van der Waals surface area contributed by atoms with Crippen molar-refractivity contribution in [3.63, 3.8) is 0 Å². The molecule has 130 valence electrons. The zero-order valence-corrected chi connectivity index (χ0v) is 15.6. The fourth-order valence-corrected chi connectivity index (χ4v) is 5.64. The minimum absolute atomic E-state index is 0.439. The van der Waals surface area contributed by atoms with Crippen molar-refractivity contribution in [2.45, 2.75) is 18.1 Å². The van der Waals surface area contributed by atoms with Gasteiger partial charge < -0.3 is 9.64 Å². The average Bonchev–Trinajstić information content (AvgIpc) is 3.03. The molecule has 1 aliphatic rings. The topological polar surface area (TPSA) is 49.9 Å². The van der Waals surface area contributed by atoms with Crippen molar-refractivity contribution in [1.29, 1.82) is 0 Å². The second-order valence-electron chi connectivity index (χ2n) is 5.68. The van der Waals surface area contributed by atoms with Crippen LogP contribution in [0.2, 0.25) is 0 Å². The van der Waals surface area contributed by atoms with Crippen LogP contribution in [0.25, 0.3) is 0 Å². The molecule has 0 spiro atoms. The summed E-state index contributed by atoms with van der Waals surface area (Å²) in [4.78, 5) is 3.23. The van der Waals surface area contributed by atoms with Gasteiger partial charge in [0.15, 0.2) is 0 Å². The van der Waals surface area contributed by atoms with Crippen molar-refractivity contribution in [3.05, 3.63) is 41.3 Å². The highest BCUT2D eigenvalue weighted by atomic mass is 32.2. The van der Waals surface area contributed by atoms with Gasteiger partial charge in [-0.3, -0.25) is 0 Å². The lowest BCUT2D eigenvalue weighted by molar-refractivity contribution is 0.340. The molecule has 0 aliphatic carbocycles. The molecule has 0 atom stereocenters. The SMILES string of the molecule is CCOc1ccc(N2CCN(S(=O)(=O)c3ccc(C)s3)CC2)cc1. The maximum Gasteiger partial charge on any atom is 0.252 e. The molecule has 3 rings (SSSR count). The first-order valence-electron chi connectivity index (χ1n) is 8.05. The number of anilines is 1. The quantitative estimate of drug-likeness (QED) is 0.816. The van der Waals surface area contributed by atoms with E-state index in [0.717, 1.165) is 16.3 Å². The molecule has 7 heteroatoms. The molecule has 0 bridgehead atoms. The Morgan fingerprint density at radius 1 is 1.04 bits per heavy atom. The molecule has 0 unspecified atom stereocenters. The van der Waals surface area contributed by atoms with Crippen LogP contribution in [0.1, 0.15) is 11.8 Å². The number of nitrogens with zero attached hydrogens (tertiary/aromatic N) is 2. The fourth-order valence-electron chi connectivity index (χ4n) is 2.78. The van der Waals surface area contributed by atoms with Crippen molar-refractivity contribution < 1.29 is 13.2 Å². The number of hydrogen-bond donors (Lipinski definition) is 0. The van der Waals surface area contributed by atoms with Gasteiger partial charge >= 0.3 is 0 Å². The van der Waals surface area contributed by atoms with Crippen molar-refractivity contribution in [2.24, 2.45) is 0 Å². The molecule has 2 heterocycles. The molecule has 1 aromatic heterocycles. The third kappa shape index (κ3) is 3.58. The van der Waals surface area contributed by atoms with Gasteiger partial charge in [-0.2, -0.15) is 4.31 Å². The van der Waals surface area contributed by atoms with Crippen LogP contribution in [0.15, 0.2) is 40.6 Å². The minimum Gasteiger partial charge on any atom is -0.494 e. The monoisotopic (exact) mass is 366 g/mol. The van der Waals surface area contributed by atoms with Gasteiger partial charge in [-0.25, -0.2) is 8.42 Å². The van der Waals surface area contributed by atoms with Crippen LogP contribution in [-0.2, 0) is 10.0 Å². The van der Waals surface area contributed by atoms with E-state index in [1.54, 1.807) is 10.4 Å². The first kappa shape index (κ1) is 17.3. The molecular weight excluding hydrogens is 344 g/mol. The third-order valence-corrected chi connectivity index (χ3v) is 7.43. The summed E-state index contributed by atoms with van der Waals surface area (Å²) in [5, 5.41) is 0. The summed E-state index contributed by atoms with van der Waals surface area (Å²) in [5.41, 5.74) is 1.10. The Balaban J connectivity index is 1.65. The number of rotatable bonds is 5. The Kier molecular flexibility index (Phi) is 5.12. The molecule has 0 saturated carbocycles. The number of aryl methyl sites for hydroxylation is 1. The van der Waals surface area contributed by atoms with E-state index in [4.69, 9.17) is 4.74 Å². The van der Waals surface area contributed by atoms with Gasteiger partial charge in [0.2, 0.25) is 0 Å². The smallest absolute Gasteiger partial charge is 0.252 e. The van der Waals surface area contributed by atoms with Gasteiger partial charge in [-0.15, -0.1) is 11.3 Å². The van der Waals surface area contributed by atoms with E-state index in [1.807, 2.05) is 44.2 Å². The molecular formula is C17H22N2O3S2. The lowest BCUT2D eigenvalue weighted by Gasteiger charge is -2.35. The summed E-state index contributed by atoms with van der Waals surface area (Å²) in [5.74, 6) is 0.857. The van der Waals surface area contributed by atoms with Gasteiger partial charge in [0, 0.05) is 36.7 Å². The molecule has 2 aromatic rings. The molecule has 0 N–H and O–H groups in total. The maximum atomic E-state index is 12.7. The van der Waals surface area contributed by atoms with Crippen LogP contribution < -0.4 is 9.64 Å². The zero-order valence-electron chi connectivity index (χ0n) is 13.9. The summed E-state index contributed by atoms with van der Waals surface area (Å²) < 4.78 is 32.8. The van der Waals surface area contributed by atoms with Crippen molar-refractivity contribution in [1.82, 2.24) is 4.31 Å². The van der Waals surface area contributed by atoms with Crippen LogP contribution in [-0.4, -0.2) is 45.5 Å². The molecule has 0 amide bonds. The van der Waals surface area contributed by atoms with E-state index in [2.05, 4.69) is 4.90 Å². The summed E-state index contributed by atoms with van der Waals surface area (Å²) in [6.07, 6.45) is 0. The Morgan fingerprint density at radius 3 is 2.25 bits per heavy atom. The summed E-state index contributed by atoms with van der Waals surface area (Å²) in [7, 11) is -3.36. The molecule has 5 nitrogen and oxygen atoms in total. The number of ether oxygens (including phenoxy) is 1. The summed E-state index contributed by atoms with van der Waals surface area (Å²) >= 11 is 1.33. The molecule has 24 heavy (non-hydrogen) atoms. The van der Waals surface area contributed by atoms with Crippen LogP contribution in [0.3, 0.4) is 0 Å². The molecule has 1 saturated heterocycles. The number of benzene rings is 1. The van der Waals surface area contributed by atoms with E-state index in [-0.39, 0.29) is 0 Å². The highest BCUT2D eigenvalue weighted by molar-refractivity contribution is 7.91. The van der Waals surface area contributed by atoms with Crippen LogP contribution in [0.4, 0.5) is 5.69 Å². The lowest BCUT2D eigenvalue weighted by Crippen LogP contribution is -2.48. The Labute approximate surface area is 147 Å². The van der Waals surface area contributed by atoms with E-state index in [0.29, 0.717) is 37.0 Å². The number of piperazine rings is 1. The van der Waals surface area contributed by atoms with Crippen LogP contribution in [0.5, 0.6) is 5.75 Å². The number of hydrogen-bond acceptors (Lipinski definition) is 5. The molecule has 1 aliphatic heterocycles. The van der Waals surface area contributed by atoms with Crippen molar-refractivity contribution >= 4 is 27.0 Å². The predicted molar refractivity (Wildman–Crippen MR) is 97.6 cm³/mol. The standard InChI is InChI=1S/C17H22N2O3S2/c1-3-22-16-7-5-15(6-8-16)18-10-12-19(13-11-18)24(20,21)17-9-4-14(2)23-17/h4-9H,3,10-13H2,1-2H3. The predicted octanol–water partition coefficient (Wildman–Crippen LogP) is 2.97. The van der Waals surface area contributed by atoms with Gasteiger partial charge in [-0.05, 0) is 50.2 Å². The van der Waals surface area contributed by atoms with E-state index >= 15 is 0 Å².